The Morgan fingerprint density at radius 2 is 1.48 bits per heavy atom. The summed E-state index contributed by atoms with van der Waals surface area (Å²) in [6.07, 6.45) is -1.64. The molecule has 27 heavy (non-hydrogen) atoms. The maximum Gasteiger partial charge on any atom is 0.415 e. The number of amides is 3. The van der Waals surface area contributed by atoms with Gasteiger partial charge in [0.2, 0.25) is 5.91 Å². The molecule has 0 aliphatic carbocycles. The summed E-state index contributed by atoms with van der Waals surface area (Å²) in [5.74, 6) is -2.34. The van der Waals surface area contributed by atoms with Crippen molar-refractivity contribution in [2.75, 3.05) is 5.32 Å². The Morgan fingerprint density at radius 3 is 1.89 bits per heavy atom. The molecule has 0 bridgehead atoms. The van der Waals surface area contributed by atoms with Gasteiger partial charge in [0.25, 0.3) is 5.91 Å². The fourth-order valence-corrected chi connectivity index (χ4v) is 2.35. The van der Waals surface area contributed by atoms with Crippen molar-refractivity contribution in [3.8, 4) is 0 Å². The molecule has 0 spiro atoms. The molecular formula is C20H28N2O5. The van der Waals surface area contributed by atoms with E-state index in [1.165, 1.54) is 20.8 Å². The van der Waals surface area contributed by atoms with Crippen molar-refractivity contribution in [1.29, 1.82) is 0 Å². The van der Waals surface area contributed by atoms with Crippen LogP contribution in [0.1, 0.15) is 47.1 Å². The van der Waals surface area contributed by atoms with E-state index in [9.17, 15) is 24.3 Å². The van der Waals surface area contributed by atoms with Gasteiger partial charge in [0.15, 0.2) is 11.8 Å². The van der Waals surface area contributed by atoms with Gasteiger partial charge in [-0.25, -0.2) is 9.69 Å². The van der Waals surface area contributed by atoms with Gasteiger partial charge in [0, 0.05) is 16.5 Å². The average molecular weight is 376 g/mol. The van der Waals surface area contributed by atoms with Gasteiger partial charge in [-0.3, -0.25) is 14.4 Å². The number of carbonyl (C=O) groups is 4. The van der Waals surface area contributed by atoms with Crippen LogP contribution in [-0.2, 0) is 14.4 Å². The molecular weight excluding hydrogens is 348 g/mol. The predicted molar refractivity (Wildman–Crippen MR) is 102 cm³/mol. The minimum atomic E-state index is -1.78. The van der Waals surface area contributed by atoms with Crippen LogP contribution in [0.25, 0.3) is 0 Å². The van der Waals surface area contributed by atoms with Gasteiger partial charge in [0.1, 0.15) is 0 Å². The summed E-state index contributed by atoms with van der Waals surface area (Å²) in [7, 11) is 0. The fraction of sp³-hybridized carbons (Fsp3) is 0.500. The van der Waals surface area contributed by atoms with Crippen LogP contribution in [0, 0.1) is 17.8 Å². The average Bonchev–Trinajstić information content (AvgIpc) is 2.51. The van der Waals surface area contributed by atoms with Gasteiger partial charge in [-0.15, -0.1) is 0 Å². The number of anilines is 1. The predicted octanol–water partition coefficient (Wildman–Crippen LogP) is 3.47. The second kappa shape index (κ2) is 7.90. The number of Topliss-reactive ketones (excluding diaryl/α,β-unsaturated/α-hetero) is 1. The molecule has 0 fully saturated rings. The third-order valence-electron chi connectivity index (χ3n) is 3.96. The molecule has 0 aromatic heterocycles. The summed E-state index contributed by atoms with van der Waals surface area (Å²) in [4.78, 5) is 50.8. The number of hydrogen-bond donors (Lipinski definition) is 2. The lowest BCUT2D eigenvalue weighted by atomic mass is 9.84. The SMILES string of the molecule is Cc1ccccc1NC(=O)C(C(=O)C(C)(C)C)N(C(=O)O)C(=O)C(C)(C)C. The van der Waals surface area contributed by atoms with Crippen LogP contribution in [0.5, 0.6) is 0 Å². The largest absolute Gasteiger partial charge is 0.465 e. The summed E-state index contributed by atoms with van der Waals surface area (Å²) in [5, 5.41) is 12.2. The Morgan fingerprint density at radius 1 is 0.963 bits per heavy atom. The van der Waals surface area contributed by atoms with E-state index >= 15 is 0 Å². The molecule has 7 heteroatoms. The van der Waals surface area contributed by atoms with Crippen LogP contribution < -0.4 is 5.32 Å². The molecule has 7 nitrogen and oxygen atoms in total. The van der Waals surface area contributed by atoms with Crippen LogP contribution in [0.3, 0.4) is 0 Å². The topological polar surface area (TPSA) is 104 Å². The summed E-state index contributed by atoms with van der Waals surface area (Å²) in [5.41, 5.74) is -0.920. The number of aryl methyl sites for hydroxylation is 1. The Hall–Kier alpha value is -2.70. The van der Waals surface area contributed by atoms with Crippen LogP contribution in [0.15, 0.2) is 24.3 Å². The summed E-state index contributed by atoms with van der Waals surface area (Å²) in [6, 6.07) is 5.12. The van der Waals surface area contributed by atoms with Gasteiger partial charge >= 0.3 is 6.09 Å². The van der Waals surface area contributed by atoms with Crippen molar-refractivity contribution in [1.82, 2.24) is 4.90 Å². The first-order valence-electron chi connectivity index (χ1n) is 8.65. The number of nitrogens with one attached hydrogen (secondary N) is 1. The molecule has 0 saturated carbocycles. The Labute approximate surface area is 159 Å². The second-order valence-electron chi connectivity index (χ2n) is 8.53. The van der Waals surface area contributed by atoms with E-state index in [1.807, 2.05) is 0 Å². The number of rotatable bonds is 4. The van der Waals surface area contributed by atoms with Gasteiger partial charge in [-0.05, 0) is 18.6 Å². The number of imide groups is 1. The number of ketones is 1. The van der Waals surface area contributed by atoms with Crippen LogP contribution in [0.2, 0.25) is 0 Å². The van der Waals surface area contributed by atoms with E-state index in [2.05, 4.69) is 5.32 Å². The number of carbonyl (C=O) groups excluding carboxylic acids is 3. The quantitative estimate of drug-likeness (QED) is 0.783. The summed E-state index contributed by atoms with van der Waals surface area (Å²) in [6.45, 7) is 11.1. The molecule has 148 valence electrons. The zero-order chi connectivity index (χ0) is 21.2. The lowest BCUT2D eigenvalue weighted by molar-refractivity contribution is -0.149. The molecule has 0 heterocycles. The highest BCUT2D eigenvalue weighted by Gasteiger charge is 2.46. The van der Waals surface area contributed by atoms with E-state index < -0.39 is 40.6 Å². The minimum absolute atomic E-state index is 0.348. The number of benzene rings is 1. The van der Waals surface area contributed by atoms with Crippen molar-refractivity contribution in [3.05, 3.63) is 29.8 Å². The molecule has 1 rings (SSSR count). The van der Waals surface area contributed by atoms with Crippen molar-refractivity contribution in [3.63, 3.8) is 0 Å². The van der Waals surface area contributed by atoms with Gasteiger partial charge in [0.05, 0.1) is 0 Å². The zero-order valence-electron chi connectivity index (χ0n) is 16.9. The number of nitrogens with zero attached hydrogens (tertiary/aromatic N) is 1. The Balaban J connectivity index is 3.44. The van der Waals surface area contributed by atoms with Gasteiger partial charge in [-0.2, -0.15) is 0 Å². The fourth-order valence-electron chi connectivity index (χ4n) is 2.35. The Bertz CT molecular complexity index is 756. The van der Waals surface area contributed by atoms with Crippen molar-refractivity contribution >= 4 is 29.4 Å². The lowest BCUT2D eigenvalue weighted by Gasteiger charge is -2.33. The van der Waals surface area contributed by atoms with Crippen molar-refractivity contribution in [2.24, 2.45) is 10.8 Å². The standard InChI is InChI=1S/C20H28N2O5/c1-12-10-8-9-11-13(12)21-16(24)14(15(23)19(2,3)4)22(18(26)27)17(25)20(5,6)7/h8-11,14H,1-7H3,(H,21,24)(H,26,27). The first-order chi connectivity index (χ1) is 12.2. The van der Waals surface area contributed by atoms with E-state index in [-0.39, 0.29) is 0 Å². The smallest absolute Gasteiger partial charge is 0.415 e. The number of carboxylic acid groups (broad SMARTS) is 1. The first kappa shape index (κ1) is 22.3. The maximum absolute atomic E-state index is 12.9. The monoisotopic (exact) mass is 376 g/mol. The molecule has 1 aromatic rings. The third kappa shape index (κ3) is 5.39. The van der Waals surface area contributed by atoms with E-state index in [1.54, 1.807) is 52.0 Å². The molecule has 0 saturated heterocycles. The highest BCUT2D eigenvalue weighted by atomic mass is 16.4. The normalized spacial score (nSPS) is 12.9. The third-order valence-corrected chi connectivity index (χ3v) is 3.96. The zero-order valence-corrected chi connectivity index (χ0v) is 16.9. The molecule has 1 unspecified atom stereocenters. The first-order valence-corrected chi connectivity index (χ1v) is 8.65. The van der Waals surface area contributed by atoms with E-state index in [4.69, 9.17) is 0 Å². The van der Waals surface area contributed by atoms with Crippen molar-refractivity contribution in [2.45, 2.75) is 54.5 Å². The molecule has 3 amide bonds. The van der Waals surface area contributed by atoms with Crippen LogP contribution in [-0.4, -0.2) is 39.7 Å². The van der Waals surface area contributed by atoms with E-state index in [0.29, 0.717) is 10.6 Å². The molecule has 1 atom stereocenters. The number of para-hydroxylation sites is 1. The van der Waals surface area contributed by atoms with E-state index in [0.717, 1.165) is 5.56 Å². The summed E-state index contributed by atoms with van der Waals surface area (Å²) < 4.78 is 0. The number of hydrogen-bond acceptors (Lipinski definition) is 4. The molecule has 0 aliphatic rings. The maximum atomic E-state index is 12.9. The summed E-state index contributed by atoms with van der Waals surface area (Å²) >= 11 is 0. The molecule has 1 aromatic carbocycles. The van der Waals surface area contributed by atoms with Gasteiger partial charge in [-0.1, -0.05) is 59.7 Å². The second-order valence-corrected chi connectivity index (χ2v) is 8.53. The van der Waals surface area contributed by atoms with Crippen molar-refractivity contribution < 1.29 is 24.3 Å². The minimum Gasteiger partial charge on any atom is -0.465 e. The molecule has 0 aliphatic heterocycles. The van der Waals surface area contributed by atoms with Gasteiger partial charge < -0.3 is 10.4 Å². The highest BCUT2D eigenvalue weighted by molar-refractivity contribution is 6.17. The molecule has 0 radical (unpaired) electrons. The lowest BCUT2D eigenvalue weighted by Crippen LogP contribution is -2.59. The molecule has 2 N–H and O–H groups in total. The van der Waals surface area contributed by atoms with Crippen LogP contribution >= 0.6 is 0 Å². The van der Waals surface area contributed by atoms with Crippen LogP contribution in [0.4, 0.5) is 10.5 Å². The highest BCUT2D eigenvalue weighted by Crippen LogP contribution is 2.26. The Kier molecular flexibility index (Phi) is 6.54.